The number of nitrogens with zero attached hydrogens (tertiary/aromatic N) is 1. The summed E-state index contributed by atoms with van der Waals surface area (Å²) < 4.78 is 27.7. The van der Waals surface area contributed by atoms with Crippen LogP contribution < -0.4 is 4.72 Å². The number of rotatable bonds is 7. The Kier molecular flexibility index (Phi) is 6.46. The van der Waals surface area contributed by atoms with Crippen molar-refractivity contribution in [3.05, 3.63) is 70.8 Å². The number of benzene rings is 2. The maximum atomic E-state index is 12.5. The molecule has 0 radical (unpaired) electrons. The zero-order valence-corrected chi connectivity index (χ0v) is 16.3. The second-order valence-electron chi connectivity index (χ2n) is 7.17. The highest BCUT2D eigenvalue weighted by molar-refractivity contribution is 7.88. The average molecular weight is 373 g/mol. The summed E-state index contributed by atoms with van der Waals surface area (Å²) >= 11 is 0. The summed E-state index contributed by atoms with van der Waals surface area (Å²) in [5, 5.41) is 0. The van der Waals surface area contributed by atoms with E-state index in [1.165, 1.54) is 24.8 Å². The number of sulfonamides is 1. The molecule has 4 nitrogen and oxygen atoms in total. The summed E-state index contributed by atoms with van der Waals surface area (Å²) in [6, 6.07) is 15.8. The fourth-order valence-corrected chi connectivity index (χ4v) is 4.60. The number of piperidine rings is 1. The van der Waals surface area contributed by atoms with Gasteiger partial charge >= 0.3 is 0 Å². The van der Waals surface area contributed by atoms with Gasteiger partial charge in [0, 0.05) is 13.1 Å². The monoisotopic (exact) mass is 372 g/mol. The fraction of sp³-hybridized carbons (Fsp3) is 0.429. The molecule has 1 aliphatic heterocycles. The van der Waals surface area contributed by atoms with Crippen molar-refractivity contribution in [3.63, 3.8) is 0 Å². The van der Waals surface area contributed by atoms with Crippen LogP contribution in [0.3, 0.4) is 0 Å². The van der Waals surface area contributed by atoms with E-state index in [4.69, 9.17) is 0 Å². The van der Waals surface area contributed by atoms with Crippen LogP contribution in [-0.4, -0.2) is 26.4 Å². The van der Waals surface area contributed by atoms with E-state index in [-0.39, 0.29) is 5.75 Å². The molecule has 140 valence electrons. The minimum atomic E-state index is -3.36. The number of likely N-dealkylation sites (tertiary alicyclic amines) is 1. The maximum absolute atomic E-state index is 12.5. The van der Waals surface area contributed by atoms with Crippen molar-refractivity contribution in [1.29, 1.82) is 0 Å². The molecule has 0 spiro atoms. The van der Waals surface area contributed by atoms with Gasteiger partial charge in [-0.1, -0.05) is 60.5 Å². The molecule has 0 unspecified atom stereocenters. The van der Waals surface area contributed by atoms with E-state index in [0.717, 1.165) is 36.3 Å². The molecule has 1 N–H and O–H groups in total. The van der Waals surface area contributed by atoms with Crippen LogP contribution in [0.15, 0.2) is 48.5 Å². The molecular weight excluding hydrogens is 344 g/mol. The molecule has 2 aromatic rings. The normalized spacial score (nSPS) is 15.9. The first-order valence-corrected chi connectivity index (χ1v) is 11.0. The molecule has 0 bridgehead atoms. The molecule has 0 amide bonds. The van der Waals surface area contributed by atoms with Crippen molar-refractivity contribution in [2.24, 2.45) is 0 Å². The Morgan fingerprint density at radius 1 is 0.962 bits per heavy atom. The van der Waals surface area contributed by atoms with Gasteiger partial charge in [0.05, 0.1) is 5.75 Å². The van der Waals surface area contributed by atoms with E-state index >= 15 is 0 Å². The summed E-state index contributed by atoms with van der Waals surface area (Å²) in [5.74, 6) is 0.0168. The third-order valence-electron chi connectivity index (χ3n) is 4.88. The van der Waals surface area contributed by atoms with E-state index in [9.17, 15) is 8.42 Å². The Morgan fingerprint density at radius 2 is 1.69 bits per heavy atom. The number of hydrogen-bond donors (Lipinski definition) is 1. The van der Waals surface area contributed by atoms with Crippen molar-refractivity contribution in [2.75, 3.05) is 13.1 Å². The van der Waals surface area contributed by atoms with Crippen LogP contribution in [0.25, 0.3) is 0 Å². The molecule has 1 heterocycles. The molecule has 0 atom stereocenters. The Morgan fingerprint density at radius 3 is 2.42 bits per heavy atom. The number of nitrogens with one attached hydrogen (secondary N) is 1. The van der Waals surface area contributed by atoms with E-state index in [1.807, 2.05) is 49.4 Å². The Labute approximate surface area is 157 Å². The summed E-state index contributed by atoms with van der Waals surface area (Å²) in [7, 11) is -3.36. The van der Waals surface area contributed by atoms with Crippen LogP contribution in [0.5, 0.6) is 0 Å². The Bertz CT molecular complexity index is 827. The first-order valence-electron chi connectivity index (χ1n) is 9.34. The van der Waals surface area contributed by atoms with Crippen LogP contribution in [0.1, 0.15) is 41.5 Å². The second-order valence-corrected chi connectivity index (χ2v) is 8.98. The lowest BCUT2D eigenvalue weighted by molar-refractivity contribution is 0.220. The van der Waals surface area contributed by atoms with Crippen LogP contribution in [0, 0.1) is 6.92 Å². The fourth-order valence-electron chi connectivity index (χ4n) is 3.50. The van der Waals surface area contributed by atoms with Gasteiger partial charge in [-0.15, -0.1) is 0 Å². The van der Waals surface area contributed by atoms with Gasteiger partial charge in [-0.2, -0.15) is 0 Å². The zero-order chi connectivity index (χ0) is 18.4. The lowest BCUT2D eigenvalue weighted by atomic mass is 10.1. The minimum absolute atomic E-state index is 0.0168. The summed E-state index contributed by atoms with van der Waals surface area (Å²) in [6.45, 7) is 5.48. The predicted octanol–water partition coefficient (Wildman–Crippen LogP) is 3.60. The largest absolute Gasteiger partial charge is 0.299 e. The summed E-state index contributed by atoms with van der Waals surface area (Å²) in [5.41, 5.74) is 4.17. The molecule has 26 heavy (non-hydrogen) atoms. The predicted molar refractivity (Wildman–Crippen MR) is 106 cm³/mol. The molecule has 1 fully saturated rings. The van der Waals surface area contributed by atoms with Gasteiger partial charge in [-0.3, -0.25) is 4.90 Å². The molecule has 0 aliphatic carbocycles. The van der Waals surface area contributed by atoms with Crippen molar-refractivity contribution in [1.82, 2.24) is 9.62 Å². The van der Waals surface area contributed by atoms with Crippen LogP contribution >= 0.6 is 0 Å². The van der Waals surface area contributed by atoms with Gasteiger partial charge in [0.25, 0.3) is 0 Å². The van der Waals surface area contributed by atoms with Gasteiger partial charge in [0.2, 0.25) is 10.0 Å². The van der Waals surface area contributed by atoms with Gasteiger partial charge < -0.3 is 0 Å². The first kappa shape index (κ1) is 19.1. The van der Waals surface area contributed by atoms with Crippen LogP contribution in [0.4, 0.5) is 0 Å². The molecular formula is C21H28N2O2S. The van der Waals surface area contributed by atoms with Crippen molar-refractivity contribution >= 4 is 10.0 Å². The van der Waals surface area contributed by atoms with Crippen molar-refractivity contribution in [2.45, 2.75) is 45.0 Å². The van der Waals surface area contributed by atoms with Crippen LogP contribution in [-0.2, 0) is 28.9 Å². The SMILES string of the molecule is Cc1cccc(CS(=O)(=O)NCc2ccccc2CN2CCCCC2)c1. The molecule has 0 aromatic heterocycles. The molecule has 5 heteroatoms. The molecule has 1 aliphatic rings. The molecule has 3 rings (SSSR count). The highest BCUT2D eigenvalue weighted by Gasteiger charge is 2.15. The van der Waals surface area contributed by atoms with Crippen molar-refractivity contribution in [3.8, 4) is 0 Å². The van der Waals surface area contributed by atoms with Crippen molar-refractivity contribution < 1.29 is 8.42 Å². The topological polar surface area (TPSA) is 49.4 Å². The van der Waals surface area contributed by atoms with Gasteiger partial charge in [0.15, 0.2) is 0 Å². The third kappa shape index (κ3) is 5.66. The van der Waals surface area contributed by atoms with Gasteiger partial charge in [-0.05, 0) is 49.5 Å². The molecule has 1 saturated heterocycles. The summed E-state index contributed by atoms with van der Waals surface area (Å²) in [4.78, 5) is 2.46. The summed E-state index contributed by atoms with van der Waals surface area (Å²) in [6.07, 6.45) is 3.83. The number of hydrogen-bond acceptors (Lipinski definition) is 3. The molecule has 2 aromatic carbocycles. The lowest BCUT2D eigenvalue weighted by Gasteiger charge is -2.27. The van der Waals surface area contributed by atoms with E-state index in [2.05, 4.69) is 15.7 Å². The third-order valence-corrected chi connectivity index (χ3v) is 6.18. The van der Waals surface area contributed by atoms with Gasteiger partial charge in [0.1, 0.15) is 0 Å². The zero-order valence-electron chi connectivity index (χ0n) is 15.4. The highest BCUT2D eigenvalue weighted by Crippen LogP contribution is 2.17. The first-order chi connectivity index (χ1) is 12.5. The van der Waals surface area contributed by atoms with E-state index in [0.29, 0.717) is 6.54 Å². The highest BCUT2D eigenvalue weighted by atomic mass is 32.2. The second kappa shape index (κ2) is 8.80. The minimum Gasteiger partial charge on any atom is -0.299 e. The average Bonchev–Trinajstić information content (AvgIpc) is 2.62. The lowest BCUT2D eigenvalue weighted by Crippen LogP contribution is -2.30. The standard InChI is InChI=1S/C21H28N2O2S/c1-18-8-7-9-19(14-18)17-26(24,25)22-15-20-10-3-4-11-21(20)16-23-12-5-2-6-13-23/h3-4,7-11,14,22H,2,5-6,12-13,15-17H2,1H3. The smallest absolute Gasteiger partial charge is 0.216 e. The van der Waals surface area contributed by atoms with Gasteiger partial charge in [-0.25, -0.2) is 13.1 Å². The van der Waals surface area contributed by atoms with E-state index < -0.39 is 10.0 Å². The number of aryl methyl sites for hydroxylation is 1. The maximum Gasteiger partial charge on any atom is 0.216 e. The van der Waals surface area contributed by atoms with E-state index in [1.54, 1.807) is 0 Å². The Balaban J connectivity index is 1.63. The van der Waals surface area contributed by atoms with Crippen LogP contribution in [0.2, 0.25) is 0 Å². The Hall–Kier alpha value is -1.69. The molecule has 0 saturated carbocycles. The quantitative estimate of drug-likeness (QED) is 0.808.